The van der Waals surface area contributed by atoms with Crippen molar-refractivity contribution in [2.45, 2.75) is 20.8 Å². The number of hydrogen-bond acceptors (Lipinski definition) is 1. The third-order valence-corrected chi connectivity index (χ3v) is 2.14. The number of carbonyl (C=O) groups is 1. The Balaban J connectivity index is 0.000000921. The Morgan fingerprint density at radius 1 is 1.33 bits per heavy atom. The van der Waals surface area contributed by atoms with Gasteiger partial charge in [-0.05, 0) is 41.8 Å². The first-order valence-corrected chi connectivity index (χ1v) is 5.49. The van der Waals surface area contributed by atoms with Crippen LogP contribution in [0.3, 0.4) is 0 Å². The maximum Gasteiger partial charge on any atom is 0.245 e. The minimum Gasteiger partial charge on any atom is -0.276 e. The van der Waals surface area contributed by atoms with Crippen molar-refractivity contribution >= 4 is 34.5 Å². The summed E-state index contributed by atoms with van der Waals surface area (Å²) in [4.78, 5) is 10.4. The smallest absolute Gasteiger partial charge is 0.245 e. The molecule has 0 atom stereocenters. The van der Waals surface area contributed by atoms with Gasteiger partial charge in [0.25, 0.3) is 0 Å². The van der Waals surface area contributed by atoms with Crippen LogP contribution in [-0.2, 0) is 4.79 Å². The van der Waals surface area contributed by atoms with E-state index in [0.717, 1.165) is 11.1 Å². The van der Waals surface area contributed by atoms with Crippen molar-refractivity contribution in [3.05, 3.63) is 40.4 Å². The van der Waals surface area contributed by atoms with E-state index in [1.165, 1.54) is 6.08 Å². The van der Waals surface area contributed by atoms with Gasteiger partial charge in [0.05, 0.1) is 0 Å². The van der Waals surface area contributed by atoms with Crippen LogP contribution in [0.5, 0.6) is 0 Å². The van der Waals surface area contributed by atoms with E-state index in [1.807, 2.05) is 32.9 Å². The van der Waals surface area contributed by atoms with Crippen LogP contribution in [-0.4, -0.2) is 5.24 Å². The zero-order valence-corrected chi connectivity index (χ0v) is 10.6. The highest BCUT2D eigenvalue weighted by Gasteiger charge is 1.95. The van der Waals surface area contributed by atoms with E-state index < -0.39 is 5.24 Å². The molecule has 3 heteroatoms. The van der Waals surface area contributed by atoms with Crippen LogP contribution in [0.4, 0.5) is 0 Å². The number of halogens is 2. The van der Waals surface area contributed by atoms with E-state index in [4.69, 9.17) is 23.2 Å². The highest BCUT2D eigenvalue weighted by molar-refractivity contribution is 6.66. The molecular weight excluding hydrogens is 231 g/mol. The fraction of sp³-hybridized carbons (Fsp3) is 0.250. The molecule has 1 aromatic rings. The predicted octanol–water partition coefficient (Wildman–Crippen LogP) is 4.45. The molecule has 0 saturated carbocycles. The molecule has 1 nitrogen and oxygen atoms in total. The van der Waals surface area contributed by atoms with Gasteiger partial charge < -0.3 is 0 Å². The van der Waals surface area contributed by atoms with Gasteiger partial charge in [-0.2, -0.15) is 0 Å². The molecule has 0 fully saturated rings. The summed E-state index contributed by atoms with van der Waals surface area (Å²) in [6, 6.07) is 5.55. The number of hydrogen-bond donors (Lipinski definition) is 0. The van der Waals surface area contributed by atoms with Crippen LogP contribution >= 0.6 is 23.2 Å². The molecule has 1 rings (SSSR count). The Morgan fingerprint density at radius 2 is 1.93 bits per heavy atom. The Morgan fingerprint density at radius 3 is 2.40 bits per heavy atom. The summed E-state index contributed by atoms with van der Waals surface area (Å²) in [5.74, 6) is 0. The van der Waals surface area contributed by atoms with E-state index >= 15 is 0 Å². The van der Waals surface area contributed by atoms with Gasteiger partial charge in [0, 0.05) is 5.02 Å². The van der Waals surface area contributed by atoms with Gasteiger partial charge >= 0.3 is 0 Å². The highest BCUT2D eigenvalue weighted by Crippen LogP contribution is 2.17. The van der Waals surface area contributed by atoms with E-state index in [1.54, 1.807) is 12.1 Å². The third-order valence-electron chi connectivity index (χ3n) is 1.60. The average molecular weight is 245 g/mol. The Hall–Kier alpha value is -0.790. The van der Waals surface area contributed by atoms with Crippen molar-refractivity contribution in [2.24, 2.45) is 0 Å². The standard InChI is InChI=1S/C10H8Cl2O.C2H6/c1-7-2-3-8(6-9(7)11)4-5-10(12)13;1-2/h2-6H,1H3;1-2H3/b5-4+;. The third kappa shape index (κ3) is 5.60. The molecule has 15 heavy (non-hydrogen) atoms. The molecule has 0 aliphatic heterocycles. The largest absolute Gasteiger partial charge is 0.276 e. The fourth-order valence-corrected chi connectivity index (χ4v) is 1.13. The molecule has 0 saturated heterocycles. The molecule has 0 radical (unpaired) electrons. The maximum atomic E-state index is 10.4. The molecule has 0 heterocycles. The minimum atomic E-state index is -0.489. The van der Waals surface area contributed by atoms with Crippen LogP contribution in [0.25, 0.3) is 6.08 Å². The van der Waals surface area contributed by atoms with Crippen molar-refractivity contribution in [1.82, 2.24) is 0 Å². The van der Waals surface area contributed by atoms with Crippen LogP contribution in [0.2, 0.25) is 5.02 Å². The summed E-state index contributed by atoms with van der Waals surface area (Å²) in [5.41, 5.74) is 1.88. The summed E-state index contributed by atoms with van der Waals surface area (Å²) in [7, 11) is 0. The molecule has 0 aliphatic rings. The Bertz CT molecular complexity index is 357. The van der Waals surface area contributed by atoms with Crippen molar-refractivity contribution in [3.8, 4) is 0 Å². The molecule has 0 unspecified atom stereocenters. The molecular formula is C12H14Cl2O. The molecule has 0 spiro atoms. The van der Waals surface area contributed by atoms with E-state index in [2.05, 4.69) is 0 Å². The Kier molecular flexibility index (Phi) is 7.10. The van der Waals surface area contributed by atoms with E-state index in [9.17, 15) is 4.79 Å². The summed E-state index contributed by atoms with van der Waals surface area (Å²) in [6.45, 7) is 5.92. The average Bonchev–Trinajstić information content (AvgIpc) is 2.23. The summed E-state index contributed by atoms with van der Waals surface area (Å²) in [5, 5.41) is 0.195. The number of allylic oxidation sites excluding steroid dienone is 1. The second kappa shape index (κ2) is 7.49. The molecule has 0 amide bonds. The van der Waals surface area contributed by atoms with Gasteiger partial charge in [-0.1, -0.05) is 43.7 Å². The predicted molar refractivity (Wildman–Crippen MR) is 67.4 cm³/mol. The first-order valence-electron chi connectivity index (χ1n) is 4.73. The lowest BCUT2D eigenvalue weighted by Crippen LogP contribution is -1.79. The van der Waals surface area contributed by atoms with E-state index in [0.29, 0.717) is 5.02 Å². The summed E-state index contributed by atoms with van der Waals surface area (Å²) < 4.78 is 0. The van der Waals surface area contributed by atoms with Crippen LogP contribution < -0.4 is 0 Å². The van der Waals surface area contributed by atoms with Gasteiger partial charge in [0.15, 0.2) is 0 Å². The van der Waals surface area contributed by atoms with Gasteiger partial charge in [-0.15, -0.1) is 0 Å². The lowest BCUT2D eigenvalue weighted by atomic mass is 10.1. The zero-order valence-electron chi connectivity index (χ0n) is 9.05. The second-order valence-corrected chi connectivity index (χ2v) is 3.43. The van der Waals surface area contributed by atoms with Crippen molar-refractivity contribution in [3.63, 3.8) is 0 Å². The molecule has 0 N–H and O–H groups in total. The molecule has 0 aromatic heterocycles. The quantitative estimate of drug-likeness (QED) is 0.555. The SMILES string of the molecule is CC.Cc1ccc(/C=C/C(=O)Cl)cc1Cl. The summed E-state index contributed by atoms with van der Waals surface area (Å²) in [6.07, 6.45) is 2.92. The van der Waals surface area contributed by atoms with Gasteiger partial charge in [0.2, 0.25) is 5.24 Å². The monoisotopic (exact) mass is 244 g/mol. The van der Waals surface area contributed by atoms with E-state index in [-0.39, 0.29) is 0 Å². The maximum absolute atomic E-state index is 10.4. The van der Waals surface area contributed by atoms with Crippen molar-refractivity contribution in [1.29, 1.82) is 0 Å². The molecule has 0 aliphatic carbocycles. The topological polar surface area (TPSA) is 17.1 Å². The number of carbonyl (C=O) groups excluding carboxylic acids is 1. The van der Waals surface area contributed by atoms with Crippen molar-refractivity contribution < 1.29 is 4.79 Å². The number of benzene rings is 1. The molecule has 1 aromatic carbocycles. The highest BCUT2D eigenvalue weighted by atomic mass is 35.5. The first kappa shape index (κ1) is 14.2. The lowest BCUT2D eigenvalue weighted by molar-refractivity contribution is -0.107. The minimum absolute atomic E-state index is 0.489. The normalized spacial score (nSPS) is 9.67. The zero-order chi connectivity index (χ0) is 11.8. The van der Waals surface area contributed by atoms with Crippen LogP contribution in [0.1, 0.15) is 25.0 Å². The van der Waals surface area contributed by atoms with Crippen LogP contribution in [0, 0.1) is 6.92 Å². The molecule has 82 valence electrons. The second-order valence-electron chi connectivity index (χ2n) is 2.65. The first-order chi connectivity index (χ1) is 7.09. The van der Waals surface area contributed by atoms with Crippen LogP contribution in [0.15, 0.2) is 24.3 Å². The fourth-order valence-electron chi connectivity index (χ4n) is 0.875. The Labute approximate surface area is 101 Å². The lowest BCUT2D eigenvalue weighted by Gasteiger charge is -1.97. The van der Waals surface area contributed by atoms with Gasteiger partial charge in [-0.25, -0.2) is 0 Å². The van der Waals surface area contributed by atoms with Gasteiger partial charge in [0.1, 0.15) is 0 Å². The number of aryl methyl sites for hydroxylation is 1. The summed E-state index contributed by atoms with van der Waals surface area (Å²) >= 11 is 11.0. The number of rotatable bonds is 2. The molecule has 0 bridgehead atoms. The van der Waals surface area contributed by atoms with Crippen molar-refractivity contribution in [2.75, 3.05) is 0 Å². The van der Waals surface area contributed by atoms with Gasteiger partial charge in [-0.3, -0.25) is 4.79 Å².